The van der Waals surface area contributed by atoms with Gasteiger partial charge < -0.3 is 9.84 Å². The summed E-state index contributed by atoms with van der Waals surface area (Å²) in [7, 11) is 1.43. The van der Waals surface area contributed by atoms with Gasteiger partial charge in [0.1, 0.15) is 0 Å². The summed E-state index contributed by atoms with van der Waals surface area (Å²) in [6, 6.07) is 13.7. The first-order valence-electron chi connectivity index (χ1n) is 9.21. The predicted octanol–water partition coefficient (Wildman–Crippen LogP) is 5.00. The van der Waals surface area contributed by atoms with E-state index >= 15 is 0 Å². The summed E-state index contributed by atoms with van der Waals surface area (Å²) >= 11 is 7.09. The summed E-state index contributed by atoms with van der Waals surface area (Å²) < 4.78 is 6.88. The van der Waals surface area contributed by atoms with E-state index in [1.54, 1.807) is 0 Å². The van der Waals surface area contributed by atoms with Gasteiger partial charge in [0.2, 0.25) is 0 Å². The number of halogens is 2. The zero-order valence-corrected chi connectivity index (χ0v) is 18.5. The molecule has 0 radical (unpaired) electrons. The molecule has 0 aromatic heterocycles. The van der Waals surface area contributed by atoms with Gasteiger partial charge in [0.25, 0.3) is 0 Å². The van der Waals surface area contributed by atoms with Gasteiger partial charge in [-0.3, -0.25) is 9.59 Å². The predicted molar refractivity (Wildman–Crippen MR) is 112 cm³/mol. The molecule has 28 heavy (non-hydrogen) atoms. The second-order valence-corrected chi connectivity index (χ2v) is 9.46. The minimum atomic E-state index is -0.770. The Bertz CT molecular complexity index is 967. The molecule has 2 fully saturated rings. The molecular weight excluding hydrogens is 488 g/mol. The van der Waals surface area contributed by atoms with Gasteiger partial charge in [-0.15, -0.1) is 0 Å². The van der Waals surface area contributed by atoms with Crippen LogP contribution in [0.1, 0.15) is 36.0 Å². The average Bonchev–Trinajstić information content (AvgIpc) is 3.58. The fourth-order valence-corrected chi connectivity index (χ4v) is 5.61. The van der Waals surface area contributed by atoms with Crippen LogP contribution >= 0.6 is 31.9 Å². The van der Waals surface area contributed by atoms with Crippen LogP contribution in [0.4, 0.5) is 0 Å². The van der Waals surface area contributed by atoms with Gasteiger partial charge in [-0.05, 0) is 60.4 Å². The zero-order valence-electron chi connectivity index (χ0n) is 15.4. The summed E-state index contributed by atoms with van der Waals surface area (Å²) in [5, 5.41) is 9.65. The van der Waals surface area contributed by atoms with E-state index in [9.17, 15) is 14.7 Å². The van der Waals surface area contributed by atoms with Crippen molar-refractivity contribution in [2.45, 2.75) is 36.5 Å². The number of carbonyl (C=O) groups excluding carboxylic acids is 1. The number of carbonyl (C=O) groups is 2. The van der Waals surface area contributed by atoms with Crippen LogP contribution < -0.4 is 0 Å². The van der Waals surface area contributed by atoms with Crippen molar-refractivity contribution in [3.05, 3.63) is 68.1 Å². The molecule has 1 N–H and O–H groups in total. The molecule has 4 nitrogen and oxygen atoms in total. The van der Waals surface area contributed by atoms with Gasteiger partial charge in [-0.2, -0.15) is 0 Å². The molecule has 6 heteroatoms. The van der Waals surface area contributed by atoms with Crippen LogP contribution in [-0.4, -0.2) is 24.2 Å². The van der Waals surface area contributed by atoms with E-state index in [1.807, 2.05) is 42.5 Å². The number of ether oxygens (including phenoxy) is 1. The molecule has 0 saturated heterocycles. The minimum absolute atomic E-state index is 0.118. The lowest BCUT2D eigenvalue weighted by atomic mass is 9.89. The highest BCUT2D eigenvalue weighted by Crippen LogP contribution is 2.58. The number of esters is 1. The smallest absolute Gasteiger partial charge is 0.316 e. The van der Waals surface area contributed by atoms with Gasteiger partial charge in [-0.1, -0.05) is 62.2 Å². The summed E-state index contributed by atoms with van der Waals surface area (Å²) in [6.07, 6.45) is 2.75. The number of carboxylic acids is 1. The largest absolute Gasteiger partial charge is 0.481 e. The van der Waals surface area contributed by atoms with Gasteiger partial charge in [-0.25, -0.2) is 0 Å². The Morgan fingerprint density at radius 3 is 2.39 bits per heavy atom. The van der Waals surface area contributed by atoms with Crippen molar-refractivity contribution in [3.8, 4) is 0 Å². The van der Waals surface area contributed by atoms with Crippen LogP contribution in [0.3, 0.4) is 0 Å². The molecule has 0 bridgehead atoms. The van der Waals surface area contributed by atoms with Crippen molar-refractivity contribution in [2.24, 2.45) is 5.92 Å². The fraction of sp³-hybridized carbons (Fsp3) is 0.364. The Morgan fingerprint density at radius 1 is 1.11 bits per heavy atom. The van der Waals surface area contributed by atoms with E-state index in [4.69, 9.17) is 4.74 Å². The Balaban J connectivity index is 1.65. The second-order valence-electron chi connectivity index (χ2n) is 7.75. The maximum absolute atomic E-state index is 12.7. The van der Waals surface area contributed by atoms with Crippen LogP contribution in [-0.2, 0) is 31.6 Å². The highest BCUT2D eigenvalue weighted by molar-refractivity contribution is 9.10. The molecule has 2 aromatic rings. The Kier molecular flexibility index (Phi) is 4.91. The summed E-state index contributed by atoms with van der Waals surface area (Å²) in [4.78, 5) is 24.4. The normalized spacial score (nSPS) is 24.5. The molecule has 0 heterocycles. The van der Waals surface area contributed by atoms with Crippen molar-refractivity contribution in [1.82, 2.24) is 0 Å². The summed E-state index contributed by atoms with van der Waals surface area (Å²) in [6.45, 7) is 0. The van der Waals surface area contributed by atoms with Gasteiger partial charge >= 0.3 is 11.9 Å². The van der Waals surface area contributed by atoms with E-state index in [-0.39, 0.29) is 11.9 Å². The molecule has 4 rings (SSSR count). The Hall–Kier alpha value is -1.66. The minimum Gasteiger partial charge on any atom is -0.481 e. The molecule has 2 aliphatic carbocycles. The van der Waals surface area contributed by atoms with E-state index in [0.29, 0.717) is 19.3 Å². The van der Waals surface area contributed by atoms with Crippen molar-refractivity contribution >= 4 is 43.8 Å². The average molecular weight is 508 g/mol. The second kappa shape index (κ2) is 6.99. The first-order chi connectivity index (χ1) is 13.3. The van der Waals surface area contributed by atoms with E-state index < -0.39 is 16.8 Å². The van der Waals surface area contributed by atoms with E-state index in [0.717, 1.165) is 32.1 Å². The summed E-state index contributed by atoms with van der Waals surface area (Å²) in [5.74, 6) is -0.868. The number of hydrogen-bond donors (Lipinski definition) is 1. The topological polar surface area (TPSA) is 63.6 Å². The molecule has 0 amide bonds. The van der Waals surface area contributed by atoms with Crippen molar-refractivity contribution in [3.63, 3.8) is 0 Å². The van der Waals surface area contributed by atoms with Crippen LogP contribution in [0.5, 0.6) is 0 Å². The molecule has 146 valence electrons. The Labute approximate surface area is 180 Å². The third-order valence-electron chi connectivity index (χ3n) is 6.20. The molecule has 2 aromatic carbocycles. The maximum Gasteiger partial charge on any atom is 0.316 e. The number of benzene rings is 2. The van der Waals surface area contributed by atoms with Crippen molar-refractivity contribution in [1.29, 1.82) is 0 Å². The highest BCUT2D eigenvalue weighted by atomic mass is 79.9. The molecule has 0 spiro atoms. The molecular formula is C22H20Br2O4. The lowest BCUT2D eigenvalue weighted by Crippen LogP contribution is -2.25. The van der Waals surface area contributed by atoms with Crippen molar-refractivity contribution < 1.29 is 19.4 Å². The number of methoxy groups -OCH3 is 1. The van der Waals surface area contributed by atoms with Gasteiger partial charge in [0.15, 0.2) is 0 Å². The molecule has 2 saturated carbocycles. The molecule has 0 aliphatic heterocycles. The standard InChI is InChI=1S/C22H20Br2O4/c1-28-20(27)22(15-4-2-3-5-17(15)23)12-14(22)10-13-6-7-18(24)16(11-13)21(8-9-21)19(25)26/h2-7,11,14H,8-10,12H2,1H3,(H,25,26). The molecule has 2 atom stereocenters. The van der Waals surface area contributed by atoms with Crippen LogP contribution in [0.2, 0.25) is 0 Å². The fourth-order valence-electron chi connectivity index (χ4n) is 4.35. The number of rotatable bonds is 6. The lowest BCUT2D eigenvalue weighted by molar-refractivity contribution is -0.144. The van der Waals surface area contributed by atoms with Crippen LogP contribution in [0, 0.1) is 5.92 Å². The Morgan fingerprint density at radius 2 is 1.79 bits per heavy atom. The first-order valence-corrected chi connectivity index (χ1v) is 10.8. The monoisotopic (exact) mass is 506 g/mol. The number of carboxylic acid groups (broad SMARTS) is 1. The maximum atomic E-state index is 12.7. The quantitative estimate of drug-likeness (QED) is 0.559. The van der Waals surface area contributed by atoms with Crippen molar-refractivity contribution in [2.75, 3.05) is 7.11 Å². The number of hydrogen-bond acceptors (Lipinski definition) is 3. The highest BCUT2D eigenvalue weighted by Gasteiger charge is 2.62. The van der Waals surface area contributed by atoms with Crippen LogP contribution in [0.15, 0.2) is 51.4 Å². The third kappa shape index (κ3) is 3.01. The SMILES string of the molecule is COC(=O)C1(c2ccccc2Br)CC1Cc1ccc(Br)c(C2(C(=O)O)CC2)c1. The lowest BCUT2D eigenvalue weighted by Gasteiger charge is -2.18. The van der Waals surface area contributed by atoms with Gasteiger partial charge in [0.05, 0.1) is 17.9 Å². The van der Waals surface area contributed by atoms with Crippen LogP contribution in [0.25, 0.3) is 0 Å². The summed E-state index contributed by atoms with van der Waals surface area (Å²) in [5.41, 5.74) is 1.43. The zero-order chi connectivity index (χ0) is 20.1. The number of aliphatic carboxylic acids is 1. The third-order valence-corrected chi connectivity index (χ3v) is 7.58. The van der Waals surface area contributed by atoms with Gasteiger partial charge in [0, 0.05) is 8.95 Å². The van der Waals surface area contributed by atoms with E-state index in [2.05, 4.69) is 31.9 Å². The first kappa shape index (κ1) is 19.6. The molecule has 2 unspecified atom stereocenters. The molecule has 2 aliphatic rings. The van der Waals surface area contributed by atoms with E-state index in [1.165, 1.54) is 7.11 Å².